The molecule has 0 amide bonds. The second kappa shape index (κ2) is 5.60. The number of benzene rings is 2. The molecule has 4 atom stereocenters. The van der Waals surface area contributed by atoms with Crippen LogP contribution >= 0.6 is 0 Å². The van der Waals surface area contributed by atoms with E-state index in [0.29, 0.717) is 11.8 Å². The molecule has 0 saturated carbocycles. The Morgan fingerprint density at radius 1 is 0.828 bits per heavy atom. The maximum atomic E-state index is 5.05. The molecule has 0 radical (unpaired) electrons. The fourth-order valence-corrected chi connectivity index (χ4v) is 5.64. The predicted molar refractivity (Wildman–Crippen MR) is 118 cm³/mol. The minimum Gasteiger partial charge on any atom is -0.303 e. The monoisotopic (exact) mass is 375 g/mol. The molecule has 0 bridgehead atoms. The van der Waals surface area contributed by atoms with Gasteiger partial charge in [-0.1, -0.05) is 66.8 Å². The van der Waals surface area contributed by atoms with E-state index < -0.39 is 0 Å². The Balaban J connectivity index is 1.41. The van der Waals surface area contributed by atoms with Gasteiger partial charge in [0.15, 0.2) is 0 Å². The first-order valence-electron chi connectivity index (χ1n) is 10.5. The van der Waals surface area contributed by atoms with Crippen molar-refractivity contribution in [3.63, 3.8) is 0 Å². The number of aromatic nitrogens is 2. The fourth-order valence-electron chi connectivity index (χ4n) is 5.64. The van der Waals surface area contributed by atoms with Gasteiger partial charge in [0.25, 0.3) is 0 Å². The summed E-state index contributed by atoms with van der Waals surface area (Å²) in [5, 5.41) is 0. The number of hydrogen-bond acceptors (Lipinski definition) is 2. The summed E-state index contributed by atoms with van der Waals surface area (Å²) in [7, 11) is 0. The standard InChI is InChI=1S/C26H21N3/c1-2-8-20-17(7-1)15-18-13-14-19(16-21(18)20)28-24-11-5-6-12-25(24)29-23-10-4-3-9-22(23)27-26(28)29/h1-14,16-17,20,24-25H,15H2. The molecule has 29 heavy (non-hydrogen) atoms. The number of fused-ring (bicyclic) bond motifs is 8. The van der Waals surface area contributed by atoms with Gasteiger partial charge in [0, 0.05) is 11.6 Å². The molecule has 4 unspecified atom stereocenters. The Bertz CT molecular complexity index is 1270. The molecule has 140 valence electrons. The highest BCUT2D eigenvalue weighted by atomic mass is 15.4. The minimum absolute atomic E-state index is 0.268. The van der Waals surface area contributed by atoms with Gasteiger partial charge in [-0.05, 0) is 47.7 Å². The zero-order valence-corrected chi connectivity index (χ0v) is 16.0. The van der Waals surface area contributed by atoms with E-state index in [4.69, 9.17) is 4.98 Å². The molecule has 0 fully saturated rings. The van der Waals surface area contributed by atoms with Crippen LogP contribution in [0.25, 0.3) is 11.0 Å². The van der Waals surface area contributed by atoms with E-state index >= 15 is 0 Å². The third-order valence-corrected chi connectivity index (χ3v) is 6.94. The molecule has 2 heterocycles. The Kier molecular flexibility index (Phi) is 3.01. The SMILES string of the molecule is C1=CC2Cc3ccc(N4c5nc6ccccc6n5C5C=CC=CC54)cc3C2C=C1. The van der Waals surface area contributed by atoms with Gasteiger partial charge in [-0.2, -0.15) is 0 Å². The first-order valence-corrected chi connectivity index (χ1v) is 10.5. The van der Waals surface area contributed by atoms with Gasteiger partial charge in [-0.15, -0.1) is 0 Å². The molecule has 0 spiro atoms. The van der Waals surface area contributed by atoms with Crippen molar-refractivity contribution in [3.05, 3.63) is 102 Å². The first-order chi connectivity index (χ1) is 14.4. The highest BCUT2D eigenvalue weighted by molar-refractivity contribution is 5.83. The molecule has 1 aromatic heterocycles. The van der Waals surface area contributed by atoms with Crippen molar-refractivity contribution >= 4 is 22.7 Å². The van der Waals surface area contributed by atoms with Crippen LogP contribution in [0.15, 0.2) is 91.1 Å². The fraction of sp³-hybridized carbons (Fsp3) is 0.192. The normalized spacial score (nSPS) is 27.9. The smallest absolute Gasteiger partial charge is 0.212 e. The highest BCUT2D eigenvalue weighted by Crippen LogP contribution is 2.47. The quantitative estimate of drug-likeness (QED) is 0.551. The number of allylic oxidation sites excluding steroid dienone is 6. The van der Waals surface area contributed by atoms with Crippen LogP contribution in [0.4, 0.5) is 11.6 Å². The van der Waals surface area contributed by atoms with Gasteiger partial charge < -0.3 is 9.47 Å². The lowest BCUT2D eigenvalue weighted by Gasteiger charge is -2.27. The van der Waals surface area contributed by atoms with Crippen molar-refractivity contribution in [2.45, 2.75) is 24.4 Å². The molecule has 3 aliphatic carbocycles. The summed E-state index contributed by atoms with van der Waals surface area (Å²) in [6.45, 7) is 0. The Morgan fingerprint density at radius 3 is 2.62 bits per heavy atom. The third kappa shape index (κ3) is 2.05. The summed E-state index contributed by atoms with van der Waals surface area (Å²) in [5.74, 6) is 2.17. The molecule has 3 nitrogen and oxygen atoms in total. The largest absolute Gasteiger partial charge is 0.303 e. The second-order valence-corrected chi connectivity index (χ2v) is 8.44. The molecule has 7 rings (SSSR count). The average molecular weight is 375 g/mol. The van der Waals surface area contributed by atoms with E-state index in [9.17, 15) is 0 Å². The van der Waals surface area contributed by atoms with Crippen molar-refractivity contribution in [2.75, 3.05) is 4.90 Å². The predicted octanol–water partition coefficient (Wildman–Crippen LogP) is 5.61. The summed E-state index contributed by atoms with van der Waals surface area (Å²) in [6.07, 6.45) is 19.2. The Morgan fingerprint density at radius 2 is 1.66 bits per heavy atom. The van der Waals surface area contributed by atoms with Gasteiger partial charge in [0.1, 0.15) is 0 Å². The molecule has 2 aromatic carbocycles. The number of nitrogens with zero attached hydrogens (tertiary/aromatic N) is 3. The van der Waals surface area contributed by atoms with Gasteiger partial charge >= 0.3 is 0 Å². The molecule has 0 saturated heterocycles. The number of para-hydroxylation sites is 2. The first kappa shape index (κ1) is 15.6. The lowest BCUT2D eigenvalue weighted by Crippen LogP contribution is -2.29. The zero-order chi connectivity index (χ0) is 18.9. The molecule has 3 heteroatoms. The van der Waals surface area contributed by atoms with Crippen LogP contribution in [-0.4, -0.2) is 15.6 Å². The van der Waals surface area contributed by atoms with Gasteiger partial charge in [0.2, 0.25) is 5.95 Å². The van der Waals surface area contributed by atoms with Crippen LogP contribution in [-0.2, 0) is 6.42 Å². The van der Waals surface area contributed by atoms with Gasteiger partial charge in [-0.25, -0.2) is 4.98 Å². The van der Waals surface area contributed by atoms with Crippen molar-refractivity contribution < 1.29 is 0 Å². The zero-order valence-electron chi connectivity index (χ0n) is 16.0. The summed E-state index contributed by atoms with van der Waals surface area (Å²) in [4.78, 5) is 7.48. The van der Waals surface area contributed by atoms with E-state index in [2.05, 4.69) is 101 Å². The maximum Gasteiger partial charge on any atom is 0.212 e. The Hall–Kier alpha value is -3.33. The second-order valence-electron chi connectivity index (χ2n) is 8.44. The van der Waals surface area contributed by atoms with Crippen molar-refractivity contribution in [1.29, 1.82) is 0 Å². The Labute approximate surface area is 170 Å². The number of rotatable bonds is 1. The van der Waals surface area contributed by atoms with E-state index in [1.165, 1.54) is 22.3 Å². The lowest BCUT2D eigenvalue weighted by molar-refractivity contribution is 0.623. The van der Waals surface area contributed by atoms with E-state index in [-0.39, 0.29) is 12.1 Å². The summed E-state index contributed by atoms with van der Waals surface area (Å²) in [6, 6.07) is 16.1. The van der Waals surface area contributed by atoms with Crippen molar-refractivity contribution in [2.24, 2.45) is 5.92 Å². The molecule has 3 aromatic rings. The number of imidazole rings is 1. The molecule has 4 aliphatic rings. The van der Waals surface area contributed by atoms with Crippen LogP contribution in [0, 0.1) is 5.92 Å². The van der Waals surface area contributed by atoms with E-state index in [1.807, 2.05) is 0 Å². The van der Waals surface area contributed by atoms with Crippen LogP contribution < -0.4 is 4.90 Å². The number of hydrogen-bond donors (Lipinski definition) is 0. The summed E-state index contributed by atoms with van der Waals surface area (Å²) in [5.41, 5.74) is 6.49. The molecule has 1 aliphatic heterocycles. The van der Waals surface area contributed by atoms with Crippen LogP contribution in [0.3, 0.4) is 0 Å². The van der Waals surface area contributed by atoms with Crippen molar-refractivity contribution in [1.82, 2.24) is 9.55 Å². The average Bonchev–Trinajstić information content (AvgIpc) is 3.41. The molecular formula is C26H21N3. The van der Waals surface area contributed by atoms with Crippen LogP contribution in [0.2, 0.25) is 0 Å². The number of anilines is 2. The molecule has 0 N–H and O–H groups in total. The lowest BCUT2D eigenvalue weighted by atomic mass is 9.89. The van der Waals surface area contributed by atoms with Gasteiger partial charge in [0.05, 0.1) is 23.1 Å². The van der Waals surface area contributed by atoms with Crippen molar-refractivity contribution in [3.8, 4) is 0 Å². The highest BCUT2D eigenvalue weighted by Gasteiger charge is 2.40. The van der Waals surface area contributed by atoms with Crippen LogP contribution in [0.1, 0.15) is 23.1 Å². The van der Waals surface area contributed by atoms with E-state index in [0.717, 1.165) is 17.9 Å². The summed E-state index contributed by atoms with van der Waals surface area (Å²) >= 11 is 0. The van der Waals surface area contributed by atoms with E-state index in [1.54, 1.807) is 0 Å². The third-order valence-electron chi connectivity index (χ3n) is 6.94. The summed E-state index contributed by atoms with van der Waals surface area (Å²) < 4.78 is 2.40. The topological polar surface area (TPSA) is 21.1 Å². The maximum absolute atomic E-state index is 5.05. The minimum atomic E-state index is 0.268. The molecular weight excluding hydrogens is 354 g/mol. The van der Waals surface area contributed by atoms with Gasteiger partial charge in [-0.3, -0.25) is 0 Å². The van der Waals surface area contributed by atoms with Crippen LogP contribution in [0.5, 0.6) is 0 Å².